The van der Waals surface area contributed by atoms with Crippen molar-refractivity contribution < 1.29 is 9.18 Å². The van der Waals surface area contributed by atoms with Crippen LogP contribution in [0.2, 0.25) is 0 Å². The van der Waals surface area contributed by atoms with Crippen LogP contribution in [0, 0.1) is 5.41 Å². The molecule has 2 rings (SSSR count). The third kappa shape index (κ3) is 0.874. The Morgan fingerprint density at radius 2 is 2.42 bits per heavy atom. The summed E-state index contributed by atoms with van der Waals surface area (Å²) in [5, 5.41) is 2.55. The lowest BCUT2D eigenvalue weighted by Gasteiger charge is -2.21. The summed E-state index contributed by atoms with van der Waals surface area (Å²) in [5.41, 5.74) is 4.90. The van der Waals surface area contributed by atoms with Gasteiger partial charge in [-0.15, -0.1) is 0 Å². The van der Waals surface area contributed by atoms with Gasteiger partial charge in [0.05, 0.1) is 5.41 Å². The van der Waals surface area contributed by atoms with E-state index in [1.807, 2.05) is 0 Å². The van der Waals surface area contributed by atoms with E-state index in [9.17, 15) is 9.18 Å². The van der Waals surface area contributed by atoms with E-state index in [1.165, 1.54) is 0 Å². The normalized spacial score (nSPS) is 47.0. The molecule has 3 atom stereocenters. The SMILES string of the molecule is N[C@@H]1CC[C@]2(C1)C(=O)NC[C@@H]2F. The average Bonchev–Trinajstić information content (AvgIpc) is 2.53. The second-order valence-corrected chi connectivity index (χ2v) is 3.84. The van der Waals surface area contributed by atoms with E-state index < -0.39 is 11.6 Å². The Bertz CT molecular complexity index is 221. The largest absolute Gasteiger partial charge is 0.353 e. The number of rotatable bonds is 0. The second kappa shape index (κ2) is 2.42. The van der Waals surface area contributed by atoms with Gasteiger partial charge in [0.1, 0.15) is 6.17 Å². The number of amides is 1. The third-order valence-corrected chi connectivity index (χ3v) is 3.08. The minimum atomic E-state index is -1.03. The maximum atomic E-state index is 13.4. The van der Waals surface area contributed by atoms with Crippen LogP contribution in [0.1, 0.15) is 19.3 Å². The number of nitrogens with two attached hydrogens (primary N) is 1. The third-order valence-electron chi connectivity index (χ3n) is 3.08. The van der Waals surface area contributed by atoms with Crippen molar-refractivity contribution in [3.05, 3.63) is 0 Å². The molecule has 1 amide bonds. The molecule has 0 unspecified atom stereocenters. The monoisotopic (exact) mass is 172 g/mol. The first-order valence-corrected chi connectivity index (χ1v) is 4.33. The topological polar surface area (TPSA) is 55.1 Å². The molecular weight excluding hydrogens is 159 g/mol. The zero-order valence-electron chi connectivity index (χ0n) is 6.85. The van der Waals surface area contributed by atoms with Crippen LogP contribution in [0.25, 0.3) is 0 Å². The van der Waals surface area contributed by atoms with Crippen LogP contribution >= 0.6 is 0 Å². The minimum Gasteiger partial charge on any atom is -0.353 e. The molecule has 0 aromatic carbocycles. The number of carbonyl (C=O) groups is 1. The van der Waals surface area contributed by atoms with Gasteiger partial charge in [0, 0.05) is 12.6 Å². The first-order valence-electron chi connectivity index (χ1n) is 4.33. The summed E-state index contributed by atoms with van der Waals surface area (Å²) in [7, 11) is 0. The second-order valence-electron chi connectivity index (χ2n) is 3.84. The van der Waals surface area contributed by atoms with Gasteiger partial charge in [-0.3, -0.25) is 4.79 Å². The molecule has 1 aliphatic carbocycles. The molecule has 1 heterocycles. The quantitative estimate of drug-likeness (QED) is 0.538. The fourth-order valence-corrected chi connectivity index (χ4v) is 2.30. The smallest absolute Gasteiger partial charge is 0.229 e. The number of alkyl halides is 1. The van der Waals surface area contributed by atoms with Gasteiger partial charge in [0.25, 0.3) is 0 Å². The Morgan fingerprint density at radius 1 is 1.67 bits per heavy atom. The van der Waals surface area contributed by atoms with E-state index in [0.29, 0.717) is 12.8 Å². The van der Waals surface area contributed by atoms with Gasteiger partial charge < -0.3 is 11.1 Å². The molecular formula is C8H13FN2O. The van der Waals surface area contributed by atoms with Crippen molar-refractivity contribution in [2.75, 3.05) is 6.54 Å². The van der Waals surface area contributed by atoms with Crippen LogP contribution < -0.4 is 11.1 Å². The Kier molecular flexibility index (Phi) is 1.61. The van der Waals surface area contributed by atoms with Crippen LogP contribution in [0.3, 0.4) is 0 Å². The molecule has 2 aliphatic rings. The zero-order valence-corrected chi connectivity index (χ0v) is 6.85. The highest BCUT2D eigenvalue weighted by molar-refractivity contribution is 5.86. The molecule has 1 spiro atoms. The van der Waals surface area contributed by atoms with Crippen molar-refractivity contribution in [1.29, 1.82) is 0 Å². The molecule has 4 heteroatoms. The predicted octanol–water partition coefficient (Wildman–Crippen LogP) is -0.0481. The van der Waals surface area contributed by atoms with Gasteiger partial charge in [0.2, 0.25) is 5.91 Å². The van der Waals surface area contributed by atoms with Crippen molar-refractivity contribution >= 4 is 5.91 Å². The van der Waals surface area contributed by atoms with Crippen LogP contribution in [0.4, 0.5) is 4.39 Å². The fraction of sp³-hybridized carbons (Fsp3) is 0.875. The Morgan fingerprint density at radius 3 is 2.83 bits per heavy atom. The highest BCUT2D eigenvalue weighted by Crippen LogP contribution is 2.44. The van der Waals surface area contributed by atoms with E-state index >= 15 is 0 Å². The minimum absolute atomic E-state index is 0.00657. The van der Waals surface area contributed by atoms with E-state index in [1.54, 1.807) is 0 Å². The molecule has 1 aliphatic heterocycles. The van der Waals surface area contributed by atoms with Crippen LogP contribution in [0.15, 0.2) is 0 Å². The predicted molar refractivity (Wildman–Crippen MR) is 42.2 cm³/mol. The summed E-state index contributed by atoms with van der Waals surface area (Å²) < 4.78 is 13.4. The summed E-state index contributed by atoms with van der Waals surface area (Å²) >= 11 is 0. The molecule has 0 aromatic heterocycles. The van der Waals surface area contributed by atoms with Gasteiger partial charge in [-0.25, -0.2) is 4.39 Å². The van der Waals surface area contributed by atoms with E-state index in [0.717, 1.165) is 6.42 Å². The summed E-state index contributed by atoms with van der Waals surface area (Å²) in [5.74, 6) is -0.136. The molecule has 2 fully saturated rings. The van der Waals surface area contributed by atoms with Crippen LogP contribution in [-0.2, 0) is 4.79 Å². The first-order chi connectivity index (χ1) is 5.65. The Labute approximate surface area is 70.5 Å². The van der Waals surface area contributed by atoms with Gasteiger partial charge in [-0.1, -0.05) is 0 Å². The van der Waals surface area contributed by atoms with Crippen molar-refractivity contribution in [1.82, 2.24) is 5.32 Å². The maximum absolute atomic E-state index is 13.4. The van der Waals surface area contributed by atoms with Crippen molar-refractivity contribution in [3.8, 4) is 0 Å². The zero-order chi connectivity index (χ0) is 8.77. The first kappa shape index (κ1) is 7.98. The van der Waals surface area contributed by atoms with E-state index in [4.69, 9.17) is 5.73 Å². The van der Waals surface area contributed by atoms with Gasteiger partial charge in [-0.2, -0.15) is 0 Å². The highest BCUT2D eigenvalue weighted by atomic mass is 19.1. The molecule has 12 heavy (non-hydrogen) atoms. The molecule has 1 saturated heterocycles. The van der Waals surface area contributed by atoms with Crippen molar-refractivity contribution in [3.63, 3.8) is 0 Å². The van der Waals surface area contributed by atoms with Crippen LogP contribution in [0.5, 0.6) is 0 Å². The maximum Gasteiger partial charge on any atom is 0.229 e. The highest BCUT2D eigenvalue weighted by Gasteiger charge is 2.54. The summed E-state index contributed by atoms with van der Waals surface area (Å²) in [6.07, 6.45) is 0.869. The van der Waals surface area contributed by atoms with Gasteiger partial charge in [0.15, 0.2) is 0 Å². The van der Waals surface area contributed by atoms with Gasteiger partial charge >= 0.3 is 0 Å². The molecule has 0 radical (unpaired) electrons. The molecule has 1 saturated carbocycles. The molecule has 0 bridgehead atoms. The fourth-order valence-electron chi connectivity index (χ4n) is 2.30. The van der Waals surface area contributed by atoms with Gasteiger partial charge in [-0.05, 0) is 19.3 Å². The van der Waals surface area contributed by atoms with Crippen molar-refractivity contribution in [2.24, 2.45) is 11.1 Å². The average molecular weight is 172 g/mol. The Balaban J connectivity index is 2.23. The summed E-state index contributed by atoms with van der Waals surface area (Å²) in [4.78, 5) is 11.3. The van der Waals surface area contributed by atoms with E-state index in [-0.39, 0.29) is 18.5 Å². The van der Waals surface area contributed by atoms with E-state index in [2.05, 4.69) is 5.32 Å². The van der Waals surface area contributed by atoms with Crippen LogP contribution in [-0.4, -0.2) is 24.7 Å². The number of hydrogen-bond donors (Lipinski definition) is 2. The molecule has 3 nitrogen and oxygen atoms in total. The number of nitrogens with one attached hydrogen (secondary N) is 1. The lowest BCUT2D eigenvalue weighted by Crippen LogP contribution is -2.35. The number of hydrogen-bond acceptors (Lipinski definition) is 2. The standard InChI is InChI=1S/C8H13FN2O/c9-6-4-11-7(12)8(6)2-1-5(10)3-8/h5-6H,1-4,10H2,(H,11,12)/t5-,6+,8-/m1/s1. The lowest BCUT2D eigenvalue weighted by molar-refractivity contribution is -0.128. The van der Waals surface area contributed by atoms with Crippen molar-refractivity contribution in [2.45, 2.75) is 31.5 Å². The molecule has 3 N–H and O–H groups in total. The summed E-state index contributed by atoms with van der Waals surface area (Å²) in [6, 6.07) is 0.00657. The molecule has 68 valence electrons. The number of carbonyl (C=O) groups excluding carboxylic acids is 1. The molecule has 0 aromatic rings. The lowest BCUT2D eigenvalue weighted by atomic mass is 9.83. The Hall–Kier alpha value is -0.640. The summed E-state index contributed by atoms with van der Waals surface area (Å²) in [6.45, 7) is 0.172. The number of halogens is 1.